The molecule has 0 radical (unpaired) electrons. The van der Waals surface area contributed by atoms with Gasteiger partial charge in [0.15, 0.2) is 0 Å². The van der Waals surface area contributed by atoms with Gasteiger partial charge in [-0.1, -0.05) is 20.8 Å². The Morgan fingerprint density at radius 3 is 2.30 bits per heavy atom. The molecule has 0 aliphatic heterocycles. The minimum Gasteiger partial charge on any atom is -0.368 e. The maximum Gasteiger partial charge on any atom is 0.237 e. The van der Waals surface area contributed by atoms with Crippen molar-refractivity contribution in [2.24, 2.45) is 11.1 Å². The van der Waals surface area contributed by atoms with Crippen molar-refractivity contribution >= 4 is 5.91 Å². The molecule has 1 amide bonds. The van der Waals surface area contributed by atoms with Gasteiger partial charge < -0.3 is 16.0 Å². The molecule has 1 fully saturated rings. The number of carbonyl (C=O) groups is 1. The summed E-state index contributed by atoms with van der Waals surface area (Å²) in [6, 6.07) is 0.510. The lowest BCUT2D eigenvalue weighted by molar-refractivity contribution is -0.124. The van der Waals surface area contributed by atoms with Crippen LogP contribution in [-0.2, 0) is 4.79 Å². The fraction of sp³-hybridized carbons (Fsp3) is 0.938. The zero-order valence-electron chi connectivity index (χ0n) is 14.0. The van der Waals surface area contributed by atoms with E-state index in [1.165, 1.54) is 12.8 Å². The second-order valence-corrected chi connectivity index (χ2v) is 7.87. The lowest BCUT2D eigenvalue weighted by Gasteiger charge is -2.29. The molecular weight excluding hydrogens is 250 g/mol. The van der Waals surface area contributed by atoms with E-state index in [4.69, 9.17) is 5.73 Å². The highest BCUT2D eigenvalue weighted by atomic mass is 16.1. The first-order chi connectivity index (χ1) is 9.12. The van der Waals surface area contributed by atoms with Crippen LogP contribution in [0.15, 0.2) is 0 Å². The van der Waals surface area contributed by atoms with Crippen LogP contribution in [0, 0.1) is 5.41 Å². The fourth-order valence-corrected chi connectivity index (χ4v) is 2.69. The summed E-state index contributed by atoms with van der Waals surface area (Å²) >= 11 is 0. The molecule has 0 aromatic carbocycles. The highest BCUT2D eigenvalue weighted by molar-refractivity contribution is 5.84. The van der Waals surface area contributed by atoms with Gasteiger partial charge >= 0.3 is 0 Å². The van der Waals surface area contributed by atoms with Crippen molar-refractivity contribution in [2.75, 3.05) is 20.1 Å². The molecule has 1 aliphatic rings. The SMILES string of the molecule is CN(CCCCC(C)(NC1CC1)C(N)=O)CC(C)(C)C. The van der Waals surface area contributed by atoms with Crippen LogP contribution in [-0.4, -0.2) is 42.5 Å². The lowest BCUT2D eigenvalue weighted by Crippen LogP contribution is -2.54. The monoisotopic (exact) mass is 283 g/mol. The summed E-state index contributed by atoms with van der Waals surface area (Å²) in [7, 11) is 2.17. The lowest BCUT2D eigenvalue weighted by atomic mass is 9.93. The van der Waals surface area contributed by atoms with Gasteiger partial charge in [0.25, 0.3) is 0 Å². The number of rotatable bonds is 9. The number of hydrogen-bond acceptors (Lipinski definition) is 3. The Labute approximate surface area is 124 Å². The molecule has 0 heterocycles. The molecule has 0 spiro atoms. The average Bonchev–Trinajstić information content (AvgIpc) is 3.05. The first kappa shape index (κ1) is 17.4. The van der Waals surface area contributed by atoms with E-state index in [1.54, 1.807) is 0 Å². The molecule has 1 saturated carbocycles. The Balaban J connectivity index is 2.25. The number of carbonyl (C=O) groups excluding carboxylic acids is 1. The Morgan fingerprint density at radius 2 is 1.85 bits per heavy atom. The van der Waals surface area contributed by atoms with Crippen LogP contribution in [0.25, 0.3) is 0 Å². The molecule has 0 aromatic heterocycles. The molecule has 4 heteroatoms. The predicted octanol–water partition coefficient (Wildman–Crippen LogP) is 2.13. The summed E-state index contributed by atoms with van der Waals surface area (Å²) in [6.45, 7) is 10.9. The van der Waals surface area contributed by atoms with Gasteiger partial charge in [0.05, 0.1) is 5.54 Å². The molecule has 20 heavy (non-hydrogen) atoms. The molecule has 118 valence electrons. The van der Waals surface area contributed by atoms with Crippen LogP contribution in [0.5, 0.6) is 0 Å². The van der Waals surface area contributed by atoms with Crippen molar-refractivity contribution in [2.45, 2.75) is 71.4 Å². The minimum absolute atomic E-state index is 0.215. The van der Waals surface area contributed by atoms with Crippen molar-refractivity contribution in [3.05, 3.63) is 0 Å². The first-order valence-corrected chi connectivity index (χ1v) is 7.88. The van der Waals surface area contributed by atoms with Crippen molar-refractivity contribution in [1.29, 1.82) is 0 Å². The van der Waals surface area contributed by atoms with Gasteiger partial charge in [-0.05, 0) is 58.0 Å². The maximum absolute atomic E-state index is 11.6. The van der Waals surface area contributed by atoms with Crippen LogP contribution in [0.2, 0.25) is 0 Å². The van der Waals surface area contributed by atoms with E-state index in [0.29, 0.717) is 11.5 Å². The van der Waals surface area contributed by atoms with E-state index in [-0.39, 0.29) is 5.91 Å². The minimum atomic E-state index is -0.524. The Hall–Kier alpha value is -0.610. The Morgan fingerprint density at radius 1 is 1.25 bits per heavy atom. The number of amides is 1. The van der Waals surface area contributed by atoms with Gasteiger partial charge in [-0.3, -0.25) is 4.79 Å². The summed E-state index contributed by atoms with van der Waals surface area (Å²) in [4.78, 5) is 14.0. The number of primary amides is 1. The van der Waals surface area contributed by atoms with Gasteiger partial charge in [0, 0.05) is 12.6 Å². The molecule has 1 rings (SSSR count). The number of nitrogens with two attached hydrogens (primary N) is 1. The Bertz CT molecular complexity index is 320. The molecule has 1 unspecified atom stereocenters. The van der Waals surface area contributed by atoms with Crippen molar-refractivity contribution in [3.8, 4) is 0 Å². The standard InChI is InChI=1S/C16H33N3O/c1-15(2,3)12-19(5)11-7-6-10-16(4,14(17)20)18-13-8-9-13/h13,18H,6-12H2,1-5H3,(H2,17,20). The molecular formula is C16H33N3O. The van der Waals surface area contributed by atoms with Crippen LogP contribution in [0.4, 0.5) is 0 Å². The third-order valence-corrected chi connectivity index (χ3v) is 3.85. The number of hydrogen-bond donors (Lipinski definition) is 2. The molecule has 0 bridgehead atoms. The van der Waals surface area contributed by atoms with Gasteiger partial charge in [-0.15, -0.1) is 0 Å². The second kappa shape index (κ2) is 6.90. The van der Waals surface area contributed by atoms with Gasteiger partial charge in [0.2, 0.25) is 5.91 Å². The van der Waals surface area contributed by atoms with Gasteiger partial charge in [0.1, 0.15) is 0 Å². The van der Waals surface area contributed by atoms with Crippen molar-refractivity contribution in [1.82, 2.24) is 10.2 Å². The number of nitrogens with zero attached hydrogens (tertiary/aromatic N) is 1. The molecule has 0 aromatic rings. The third kappa shape index (κ3) is 6.71. The fourth-order valence-electron chi connectivity index (χ4n) is 2.69. The topological polar surface area (TPSA) is 58.4 Å². The zero-order valence-corrected chi connectivity index (χ0v) is 14.0. The highest BCUT2D eigenvalue weighted by Crippen LogP contribution is 2.25. The first-order valence-electron chi connectivity index (χ1n) is 7.88. The van der Waals surface area contributed by atoms with E-state index in [1.807, 2.05) is 6.92 Å². The van der Waals surface area contributed by atoms with Crippen LogP contribution in [0.1, 0.15) is 59.8 Å². The average molecular weight is 283 g/mol. The number of nitrogens with one attached hydrogen (secondary N) is 1. The van der Waals surface area contributed by atoms with E-state index in [0.717, 1.165) is 32.4 Å². The van der Waals surface area contributed by atoms with E-state index < -0.39 is 5.54 Å². The predicted molar refractivity (Wildman–Crippen MR) is 84.6 cm³/mol. The second-order valence-electron chi connectivity index (χ2n) is 7.87. The maximum atomic E-state index is 11.6. The summed E-state index contributed by atoms with van der Waals surface area (Å²) < 4.78 is 0. The van der Waals surface area contributed by atoms with Crippen molar-refractivity contribution in [3.63, 3.8) is 0 Å². The molecule has 1 aliphatic carbocycles. The summed E-state index contributed by atoms with van der Waals surface area (Å²) in [5.74, 6) is -0.215. The van der Waals surface area contributed by atoms with E-state index in [2.05, 4.69) is 38.0 Å². The van der Waals surface area contributed by atoms with E-state index >= 15 is 0 Å². The highest BCUT2D eigenvalue weighted by Gasteiger charge is 2.36. The van der Waals surface area contributed by atoms with Gasteiger partial charge in [-0.25, -0.2) is 0 Å². The zero-order chi connectivity index (χ0) is 15.4. The summed E-state index contributed by atoms with van der Waals surface area (Å²) in [5, 5.41) is 3.40. The largest absolute Gasteiger partial charge is 0.368 e. The van der Waals surface area contributed by atoms with Crippen LogP contribution < -0.4 is 11.1 Å². The van der Waals surface area contributed by atoms with E-state index in [9.17, 15) is 4.79 Å². The Kier molecular flexibility index (Phi) is 6.02. The van der Waals surface area contributed by atoms with Crippen molar-refractivity contribution < 1.29 is 4.79 Å². The molecule has 0 saturated heterocycles. The van der Waals surface area contributed by atoms with Crippen LogP contribution in [0.3, 0.4) is 0 Å². The smallest absolute Gasteiger partial charge is 0.237 e. The normalized spacial score (nSPS) is 19.1. The molecule has 1 atom stereocenters. The van der Waals surface area contributed by atoms with Gasteiger partial charge in [-0.2, -0.15) is 0 Å². The summed E-state index contributed by atoms with van der Waals surface area (Å²) in [6.07, 6.45) is 5.34. The molecule has 4 nitrogen and oxygen atoms in total. The van der Waals surface area contributed by atoms with Crippen LogP contribution >= 0.6 is 0 Å². The molecule has 3 N–H and O–H groups in total. The summed E-state index contributed by atoms with van der Waals surface area (Å²) in [5.41, 5.74) is 5.37. The third-order valence-electron chi connectivity index (χ3n) is 3.85. The number of unbranched alkanes of at least 4 members (excludes halogenated alkanes) is 1. The quantitative estimate of drug-likeness (QED) is 0.637.